The summed E-state index contributed by atoms with van der Waals surface area (Å²) in [5.74, 6) is 0.423. The van der Waals surface area contributed by atoms with E-state index in [0.29, 0.717) is 6.54 Å². The molecular weight excluding hydrogens is 411 g/mol. The molecule has 1 N–H and O–H groups in total. The van der Waals surface area contributed by atoms with Crippen LogP contribution in [-0.2, 0) is 21.9 Å². The van der Waals surface area contributed by atoms with E-state index in [2.05, 4.69) is 44.3 Å². The molecule has 168 valence electrons. The molecule has 0 bridgehead atoms. The first-order chi connectivity index (χ1) is 14.8. The number of unbranched alkanes of at least 4 members (excludes halogenated alkanes) is 1. The fraction of sp³-hybridized carbons (Fsp3) is 0.440. The quantitative estimate of drug-likeness (QED) is 0.496. The van der Waals surface area contributed by atoms with Crippen molar-refractivity contribution >= 4 is 23.6 Å². The van der Waals surface area contributed by atoms with Gasteiger partial charge >= 0.3 is 0 Å². The van der Waals surface area contributed by atoms with Gasteiger partial charge in [-0.15, -0.1) is 11.8 Å². The fourth-order valence-electron chi connectivity index (χ4n) is 3.40. The normalized spacial score (nSPS) is 11.8. The summed E-state index contributed by atoms with van der Waals surface area (Å²) in [6.07, 6.45) is 1.89. The van der Waals surface area contributed by atoms with Crippen molar-refractivity contribution in [2.75, 3.05) is 12.3 Å². The molecule has 2 rings (SSSR count). The summed E-state index contributed by atoms with van der Waals surface area (Å²) in [4.78, 5) is 27.3. The van der Waals surface area contributed by atoms with Crippen molar-refractivity contribution in [1.82, 2.24) is 10.2 Å². The van der Waals surface area contributed by atoms with Gasteiger partial charge in [0, 0.05) is 18.8 Å². The average Bonchev–Trinajstić information content (AvgIpc) is 2.72. The lowest BCUT2D eigenvalue weighted by molar-refractivity contribution is -0.138. The van der Waals surface area contributed by atoms with Gasteiger partial charge in [0.25, 0.3) is 0 Å². The SMILES string of the molecule is CCCCNC(=O)[C@H](C)N(Cc1ccc(F)cc1)C(=O)CSCc1cc(C)cc(C)c1. The number of nitrogens with one attached hydrogen (secondary N) is 1. The summed E-state index contributed by atoms with van der Waals surface area (Å²) < 4.78 is 13.3. The number of carbonyl (C=O) groups is 2. The Morgan fingerprint density at radius 1 is 1.06 bits per heavy atom. The van der Waals surface area contributed by atoms with Crippen LogP contribution in [0.1, 0.15) is 48.9 Å². The van der Waals surface area contributed by atoms with Crippen LogP contribution in [0.3, 0.4) is 0 Å². The molecule has 0 radical (unpaired) electrons. The van der Waals surface area contributed by atoms with E-state index in [4.69, 9.17) is 0 Å². The van der Waals surface area contributed by atoms with Gasteiger partial charge in [-0.1, -0.05) is 54.8 Å². The molecule has 2 amide bonds. The van der Waals surface area contributed by atoms with Gasteiger partial charge in [-0.3, -0.25) is 9.59 Å². The summed E-state index contributed by atoms with van der Waals surface area (Å²) in [5.41, 5.74) is 4.39. The van der Waals surface area contributed by atoms with Crippen molar-refractivity contribution in [3.63, 3.8) is 0 Å². The highest BCUT2D eigenvalue weighted by atomic mass is 32.2. The van der Waals surface area contributed by atoms with Crippen LogP contribution in [0.25, 0.3) is 0 Å². The van der Waals surface area contributed by atoms with Crippen molar-refractivity contribution in [2.45, 2.75) is 58.9 Å². The number of carbonyl (C=O) groups excluding carboxylic acids is 2. The molecule has 0 fully saturated rings. The third-order valence-electron chi connectivity index (χ3n) is 5.04. The number of benzene rings is 2. The molecule has 2 aromatic carbocycles. The zero-order valence-electron chi connectivity index (χ0n) is 18.9. The molecule has 0 heterocycles. The van der Waals surface area contributed by atoms with Gasteiger partial charge in [0.15, 0.2) is 0 Å². The van der Waals surface area contributed by atoms with Crippen LogP contribution in [-0.4, -0.2) is 35.1 Å². The monoisotopic (exact) mass is 444 g/mol. The average molecular weight is 445 g/mol. The van der Waals surface area contributed by atoms with Gasteiger partial charge in [0.1, 0.15) is 11.9 Å². The molecule has 0 aromatic heterocycles. The molecule has 0 saturated heterocycles. The molecule has 0 aliphatic rings. The van der Waals surface area contributed by atoms with Crippen molar-refractivity contribution in [2.24, 2.45) is 0 Å². The third-order valence-corrected chi connectivity index (χ3v) is 6.03. The molecule has 0 aliphatic carbocycles. The second kappa shape index (κ2) is 12.5. The van der Waals surface area contributed by atoms with Crippen molar-refractivity contribution in [3.8, 4) is 0 Å². The molecule has 0 saturated carbocycles. The second-order valence-corrected chi connectivity index (χ2v) is 8.94. The van der Waals surface area contributed by atoms with Crippen LogP contribution in [0.2, 0.25) is 0 Å². The Morgan fingerprint density at radius 2 is 1.71 bits per heavy atom. The van der Waals surface area contributed by atoms with Crippen LogP contribution in [0.4, 0.5) is 4.39 Å². The van der Waals surface area contributed by atoms with E-state index in [0.717, 1.165) is 24.2 Å². The number of aryl methyl sites for hydroxylation is 2. The van der Waals surface area contributed by atoms with Crippen molar-refractivity contribution in [3.05, 3.63) is 70.5 Å². The smallest absolute Gasteiger partial charge is 0.242 e. The second-order valence-electron chi connectivity index (χ2n) is 7.96. The van der Waals surface area contributed by atoms with Crippen LogP contribution in [0, 0.1) is 19.7 Å². The van der Waals surface area contributed by atoms with Gasteiger partial charge in [-0.05, 0) is 50.5 Å². The van der Waals surface area contributed by atoms with Crippen LogP contribution in [0.5, 0.6) is 0 Å². The largest absolute Gasteiger partial charge is 0.354 e. The highest BCUT2D eigenvalue weighted by Crippen LogP contribution is 2.18. The van der Waals surface area contributed by atoms with Gasteiger partial charge in [-0.25, -0.2) is 4.39 Å². The van der Waals surface area contributed by atoms with E-state index in [-0.39, 0.29) is 29.9 Å². The van der Waals surface area contributed by atoms with Gasteiger partial charge in [0.05, 0.1) is 5.75 Å². The minimum absolute atomic E-state index is 0.100. The van der Waals surface area contributed by atoms with Crippen LogP contribution in [0.15, 0.2) is 42.5 Å². The lowest BCUT2D eigenvalue weighted by Crippen LogP contribution is -2.48. The van der Waals surface area contributed by atoms with E-state index in [1.807, 2.05) is 0 Å². The molecule has 4 nitrogen and oxygen atoms in total. The Morgan fingerprint density at radius 3 is 2.32 bits per heavy atom. The predicted octanol–water partition coefficient (Wildman–Crippen LogP) is 5.01. The lowest BCUT2D eigenvalue weighted by atomic mass is 10.1. The summed E-state index contributed by atoms with van der Waals surface area (Å²) in [6.45, 7) is 8.81. The lowest BCUT2D eigenvalue weighted by Gasteiger charge is -2.29. The van der Waals surface area contributed by atoms with E-state index >= 15 is 0 Å². The minimum atomic E-state index is -0.601. The minimum Gasteiger partial charge on any atom is -0.354 e. The Balaban J connectivity index is 2.05. The first kappa shape index (κ1) is 24.9. The Hall–Kier alpha value is -2.34. The molecule has 0 aliphatic heterocycles. The van der Waals surface area contributed by atoms with E-state index in [1.54, 1.807) is 35.7 Å². The maximum Gasteiger partial charge on any atom is 0.242 e. The number of halogens is 1. The zero-order chi connectivity index (χ0) is 22.8. The number of nitrogens with zero attached hydrogens (tertiary/aromatic N) is 1. The Kier molecular flexibility index (Phi) is 10.0. The van der Waals surface area contributed by atoms with Crippen LogP contribution >= 0.6 is 11.8 Å². The highest BCUT2D eigenvalue weighted by molar-refractivity contribution is 7.99. The number of thioether (sulfide) groups is 1. The highest BCUT2D eigenvalue weighted by Gasteiger charge is 2.25. The molecule has 6 heteroatoms. The van der Waals surface area contributed by atoms with Gasteiger partial charge in [-0.2, -0.15) is 0 Å². The summed E-state index contributed by atoms with van der Waals surface area (Å²) in [5, 5.41) is 2.91. The molecule has 1 atom stereocenters. The number of hydrogen-bond donors (Lipinski definition) is 1. The summed E-state index contributed by atoms with van der Waals surface area (Å²) in [7, 11) is 0. The van der Waals surface area contributed by atoms with Gasteiger partial charge in [0.2, 0.25) is 11.8 Å². The summed E-state index contributed by atoms with van der Waals surface area (Å²) in [6, 6.07) is 11.8. The van der Waals surface area contributed by atoms with Crippen molar-refractivity contribution < 1.29 is 14.0 Å². The van der Waals surface area contributed by atoms with Crippen LogP contribution < -0.4 is 5.32 Å². The molecule has 31 heavy (non-hydrogen) atoms. The number of amides is 2. The predicted molar refractivity (Wildman–Crippen MR) is 126 cm³/mol. The molecule has 0 unspecified atom stereocenters. The standard InChI is InChI=1S/C25H33FN2O2S/c1-5-6-11-27-25(30)20(4)28(15-21-7-9-23(26)10-8-21)24(29)17-31-16-22-13-18(2)12-19(3)14-22/h7-10,12-14,20H,5-6,11,15-17H2,1-4H3,(H,27,30)/t20-/m0/s1. The number of hydrogen-bond acceptors (Lipinski definition) is 3. The molecule has 2 aromatic rings. The van der Waals surface area contributed by atoms with E-state index < -0.39 is 6.04 Å². The molecule has 0 spiro atoms. The van der Waals surface area contributed by atoms with E-state index in [1.165, 1.54) is 28.8 Å². The molecular formula is C25H33FN2O2S. The topological polar surface area (TPSA) is 49.4 Å². The fourth-order valence-corrected chi connectivity index (χ4v) is 4.24. The zero-order valence-corrected chi connectivity index (χ0v) is 19.7. The maximum atomic E-state index is 13.3. The maximum absolute atomic E-state index is 13.3. The van der Waals surface area contributed by atoms with E-state index in [9.17, 15) is 14.0 Å². The van der Waals surface area contributed by atoms with Crippen molar-refractivity contribution in [1.29, 1.82) is 0 Å². The number of rotatable bonds is 11. The summed E-state index contributed by atoms with van der Waals surface area (Å²) >= 11 is 1.54. The Labute approximate surface area is 189 Å². The first-order valence-electron chi connectivity index (χ1n) is 10.8. The Bertz CT molecular complexity index is 850. The van der Waals surface area contributed by atoms with Gasteiger partial charge < -0.3 is 10.2 Å². The third kappa shape index (κ3) is 8.37. The first-order valence-corrected chi connectivity index (χ1v) is 11.9.